The number of hydrogen-bond donors (Lipinski definition) is 2. The van der Waals surface area contributed by atoms with E-state index in [4.69, 9.17) is 11.6 Å². The van der Waals surface area contributed by atoms with Crippen molar-refractivity contribution in [3.05, 3.63) is 34.9 Å². The van der Waals surface area contributed by atoms with Gasteiger partial charge in [-0.15, -0.1) is 0 Å². The van der Waals surface area contributed by atoms with Gasteiger partial charge in [-0.3, -0.25) is 0 Å². The second kappa shape index (κ2) is 3.90. The third-order valence-electron chi connectivity index (χ3n) is 2.16. The van der Waals surface area contributed by atoms with Crippen molar-refractivity contribution in [3.63, 3.8) is 0 Å². The summed E-state index contributed by atoms with van der Waals surface area (Å²) in [6.07, 6.45) is 0. The number of carbonyl (C=O) groups excluding carboxylic acids is 1. The quantitative estimate of drug-likeness (QED) is 0.749. The number of benzene rings is 1. The van der Waals surface area contributed by atoms with Gasteiger partial charge in [0.25, 0.3) is 0 Å². The molecule has 1 heterocycles. The van der Waals surface area contributed by atoms with Crippen molar-refractivity contribution < 1.29 is 4.79 Å². The molecule has 0 fully saturated rings. The van der Waals surface area contributed by atoms with Crippen LogP contribution in [0.2, 0.25) is 5.02 Å². The summed E-state index contributed by atoms with van der Waals surface area (Å²) in [7, 11) is 0. The van der Waals surface area contributed by atoms with Crippen molar-refractivity contribution in [2.75, 3.05) is 0 Å². The van der Waals surface area contributed by atoms with Gasteiger partial charge in [0.05, 0.1) is 11.8 Å². The Morgan fingerprint density at radius 3 is 2.93 bits per heavy atom. The van der Waals surface area contributed by atoms with Crippen LogP contribution in [0.15, 0.2) is 29.4 Å². The van der Waals surface area contributed by atoms with Crippen molar-refractivity contribution >= 4 is 23.3 Å². The molecule has 0 aliphatic carbocycles. The van der Waals surface area contributed by atoms with Crippen LogP contribution >= 0.6 is 11.6 Å². The summed E-state index contributed by atoms with van der Waals surface area (Å²) in [5, 5.41) is 7.37. The van der Waals surface area contributed by atoms with E-state index >= 15 is 0 Å². The SMILES string of the molecule is CC1NC(=O)NN=C1c1cccc(Cl)c1. The number of rotatable bonds is 1. The molecule has 0 saturated carbocycles. The molecular formula is C10H10ClN3O. The van der Waals surface area contributed by atoms with Crippen LogP contribution in [0, 0.1) is 0 Å². The molecule has 1 unspecified atom stereocenters. The maximum absolute atomic E-state index is 11.0. The average molecular weight is 224 g/mol. The Labute approximate surface area is 92.3 Å². The Balaban J connectivity index is 2.35. The van der Waals surface area contributed by atoms with Crippen LogP contribution in [0.25, 0.3) is 0 Å². The minimum absolute atomic E-state index is 0.114. The molecule has 15 heavy (non-hydrogen) atoms. The fourth-order valence-corrected chi connectivity index (χ4v) is 1.66. The summed E-state index contributed by atoms with van der Waals surface area (Å²) in [5.74, 6) is 0. The first kappa shape index (κ1) is 9.98. The molecule has 0 spiro atoms. The maximum atomic E-state index is 11.0. The second-order valence-electron chi connectivity index (χ2n) is 3.31. The highest BCUT2D eigenvalue weighted by Gasteiger charge is 2.20. The molecule has 1 aliphatic rings. The van der Waals surface area contributed by atoms with Gasteiger partial charge in [0.15, 0.2) is 0 Å². The lowest BCUT2D eigenvalue weighted by atomic mass is 10.0. The Kier molecular flexibility index (Phi) is 2.60. The number of nitrogens with zero attached hydrogens (tertiary/aromatic N) is 1. The van der Waals surface area contributed by atoms with Gasteiger partial charge in [0, 0.05) is 10.6 Å². The Bertz CT molecular complexity index is 430. The van der Waals surface area contributed by atoms with Crippen LogP contribution < -0.4 is 10.7 Å². The van der Waals surface area contributed by atoms with E-state index in [1.807, 2.05) is 25.1 Å². The van der Waals surface area contributed by atoms with Gasteiger partial charge >= 0.3 is 6.03 Å². The fraction of sp³-hybridized carbons (Fsp3) is 0.200. The lowest BCUT2D eigenvalue weighted by Gasteiger charge is -2.21. The van der Waals surface area contributed by atoms with Crippen LogP contribution in [0.3, 0.4) is 0 Å². The highest BCUT2D eigenvalue weighted by atomic mass is 35.5. The topological polar surface area (TPSA) is 53.5 Å². The summed E-state index contributed by atoms with van der Waals surface area (Å²) in [6.45, 7) is 1.87. The molecule has 1 aliphatic heterocycles. The van der Waals surface area contributed by atoms with E-state index in [-0.39, 0.29) is 12.1 Å². The number of halogens is 1. The summed E-state index contributed by atoms with van der Waals surface area (Å²) < 4.78 is 0. The van der Waals surface area contributed by atoms with Gasteiger partial charge in [-0.1, -0.05) is 23.7 Å². The molecule has 5 heteroatoms. The largest absolute Gasteiger partial charge is 0.335 e. The van der Waals surface area contributed by atoms with Crippen LogP contribution in [-0.2, 0) is 0 Å². The van der Waals surface area contributed by atoms with Crippen LogP contribution in [0.4, 0.5) is 4.79 Å². The lowest BCUT2D eigenvalue weighted by molar-refractivity contribution is 0.239. The highest BCUT2D eigenvalue weighted by molar-refractivity contribution is 6.31. The highest BCUT2D eigenvalue weighted by Crippen LogP contribution is 2.13. The van der Waals surface area contributed by atoms with Gasteiger partial charge < -0.3 is 5.32 Å². The van der Waals surface area contributed by atoms with Crippen molar-refractivity contribution in [2.45, 2.75) is 13.0 Å². The predicted molar refractivity (Wildman–Crippen MR) is 59.1 cm³/mol. The molecule has 0 saturated heterocycles. The van der Waals surface area contributed by atoms with E-state index in [1.54, 1.807) is 6.07 Å². The second-order valence-corrected chi connectivity index (χ2v) is 3.75. The molecule has 2 amide bonds. The number of urea groups is 1. The fourth-order valence-electron chi connectivity index (χ4n) is 1.47. The lowest BCUT2D eigenvalue weighted by Crippen LogP contribution is -2.48. The van der Waals surface area contributed by atoms with Crippen molar-refractivity contribution in [1.82, 2.24) is 10.7 Å². The number of hydrazone groups is 1. The first-order valence-corrected chi connectivity index (χ1v) is 4.94. The monoisotopic (exact) mass is 223 g/mol. The third-order valence-corrected chi connectivity index (χ3v) is 2.39. The van der Waals surface area contributed by atoms with Gasteiger partial charge in [-0.25, -0.2) is 10.2 Å². The van der Waals surface area contributed by atoms with E-state index in [2.05, 4.69) is 15.8 Å². The average Bonchev–Trinajstić information content (AvgIpc) is 2.17. The van der Waals surface area contributed by atoms with Crippen molar-refractivity contribution in [2.24, 2.45) is 5.10 Å². The molecule has 78 valence electrons. The summed E-state index contributed by atoms with van der Waals surface area (Å²) >= 11 is 5.88. The normalized spacial score (nSPS) is 20.3. The van der Waals surface area contributed by atoms with E-state index < -0.39 is 0 Å². The third kappa shape index (κ3) is 2.10. The van der Waals surface area contributed by atoms with Gasteiger partial charge in [-0.05, 0) is 19.1 Å². The van der Waals surface area contributed by atoms with Gasteiger partial charge in [0.1, 0.15) is 0 Å². The molecule has 2 N–H and O–H groups in total. The van der Waals surface area contributed by atoms with Crippen LogP contribution in [0.1, 0.15) is 12.5 Å². The number of nitrogens with one attached hydrogen (secondary N) is 2. The minimum atomic E-state index is -0.284. The smallest absolute Gasteiger partial charge is 0.328 e. The Morgan fingerprint density at radius 2 is 2.27 bits per heavy atom. The minimum Gasteiger partial charge on any atom is -0.328 e. The van der Waals surface area contributed by atoms with Gasteiger partial charge in [-0.2, -0.15) is 5.10 Å². The van der Waals surface area contributed by atoms with E-state index in [1.165, 1.54) is 0 Å². The first-order chi connectivity index (χ1) is 7.16. The summed E-state index contributed by atoms with van der Waals surface area (Å²) in [5.41, 5.74) is 4.06. The molecule has 2 rings (SSSR count). The zero-order chi connectivity index (χ0) is 10.8. The predicted octanol–water partition coefficient (Wildman–Crippen LogP) is 1.75. The molecular weight excluding hydrogens is 214 g/mol. The molecule has 4 nitrogen and oxygen atoms in total. The maximum Gasteiger partial charge on any atom is 0.335 e. The molecule has 0 bridgehead atoms. The van der Waals surface area contributed by atoms with Crippen molar-refractivity contribution in [1.29, 1.82) is 0 Å². The molecule has 1 aromatic carbocycles. The van der Waals surface area contributed by atoms with E-state index in [0.29, 0.717) is 5.02 Å². The van der Waals surface area contributed by atoms with E-state index in [0.717, 1.165) is 11.3 Å². The van der Waals surface area contributed by atoms with Crippen molar-refractivity contribution in [3.8, 4) is 0 Å². The first-order valence-electron chi connectivity index (χ1n) is 4.57. The zero-order valence-electron chi connectivity index (χ0n) is 8.12. The summed E-state index contributed by atoms with van der Waals surface area (Å²) in [4.78, 5) is 11.0. The standard InChI is InChI=1S/C10H10ClN3O/c1-6-9(13-14-10(15)12-6)7-3-2-4-8(11)5-7/h2-6H,1H3,(H2,12,14,15). The Morgan fingerprint density at radius 1 is 1.47 bits per heavy atom. The molecule has 1 aromatic rings. The summed E-state index contributed by atoms with van der Waals surface area (Å²) in [6, 6.07) is 6.97. The molecule has 0 radical (unpaired) electrons. The van der Waals surface area contributed by atoms with Gasteiger partial charge in [0.2, 0.25) is 0 Å². The number of hydrogen-bond acceptors (Lipinski definition) is 2. The zero-order valence-corrected chi connectivity index (χ0v) is 8.88. The van der Waals surface area contributed by atoms with E-state index in [9.17, 15) is 4.79 Å². The number of amides is 2. The Hall–Kier alpha value is -1.55. The van der Waals surface area contributed by atoms with Crippen LogP contribution in [-0.4, -0.2) is 17.8 Å². The number of carbonyl (C=O) groups is 1. The molecule has 0 aromatic heterocycles. The molecule has 1 atom stereocenters. The van der Waals surface area contributed by atoms with Crippen LogP contribution in [0.5, 0.6) is 0 Å².